The second-order valence-electron chi connectivity index (χ2n) is 5.26. The minimum Gasteiger partial charge on any atom is -0.455 e. The van der Waals surface area contributed by atoms with Crippen molar-refractivity contribution in [2.24, 2.45) is 5.73 Å². The summed E-state index contributed by atoms with van der Waals surface area (Å²) in [5, 5.41) is 0.696. The summed E-state index contributed by atoms with van der Waals surface area (Å²) in [5.74, 6) is 0.907. The van der Waals surface area contributed by atoms with E-state index in [1.165, 1.54) is 0 Å². The van der Waals surface area contributed by atoms with Crippen LogP contribution in [0.25, 0.3) is 0 Å². The molecule has 0 radical (unpaired) electrons. The Hall–Kier alpha value is -1.78. The number of rotatable bonds is 5. The lowest BCUT2D eigenvalue weighted by atomic mass is 10.2. The number of hydrogen-bond acceptors (Lipinski definition) is 3. The summed E-state index contributed by atoms with van der Waals surface area (Å²) < 4.78 is 5.47. The second kappa shape index (κ2) is 5.92. The topological polar surface area (TPSA) is 59.5 Å². The van der Waals surface area contributed by atoms with Gasteiger partial charge < -0.3 is 15.1 Å². The highest BCUT2D eigenvalue weighted by Crippen LogP contribution is 2.30. The van der Waals surface area contributed by atoms with Gasteiger partial charge in [0.2, 0.25) is 0 Å². The molecule has 0 aliphatic heterocycles. The van der Waals surface area contributed by atoms with Crippen molar-refractivity contribution in [2.75, 3.05) is 0 Å². The summed E-state index contributed by atoms with van der Waals surface area (Å²) in [6, 6.07) is 11.3. The van der Waals surface area contributed by atoms with Gasteiger partial charge in [-0.05, 0) is 42.7 Å². The summed E-state index contributed by atoms with van der Waals surface area (Å²) >= 11 is 5.89. The first-order valence-electron chi connectivity index (χ1n) is 7.01. The molecule has 110 valence electrons. The Labute approximate surface area is 128 Å². The summed E-state index contributed by atoms with van der Waals surface area (Å²) in [6.45, 7) is 0.868. The SMILES string of the molecule is NCc1ccc(C(=O)N(Cc2ccc(Cl)cc2)C2CC2)o1. The van der Waals surface area contributed by atoms with Gasteiger partial charge in [0.1, 0.15) is 5.76 Å². The molecule has 2 aromatic rings. The molecule has 1 heterocycles. The minimum atomic E-state index is -0.0767. The molecule has 5 heteroatoms. The van der Waals surface area contributed by atoms with E-state index >= 15 is 0 Å². The molecule has 1 aliphatic rings. The van der Waals surface area contributed by atoms with E-state index in [0.717, 1.165) is 18.4 Å². The van der Waals surface area contributed by atoms with Gasteiger partial charge in [0.05, 0.1) is 6.54 Å². The number of carbonyl (C=O) groups excluding carboxylic acids is 1. The third kappa shape index (κ3) is 3.28. The van der Waals surface area contributed by atoms with Crippen LogP contribution in [0.5, 0.6) is 0 Å². The number of nitrogens with zero attached hydrogens (tertiary/aromatic N) is 1. The Morgan fingerprint density at radius 1 is 1.24 bits per heavy atom. The van der Waals surface area contributed by atoms with Gasteiger partial charge in [0.15, 0.2) is 5.76 Å². The lowest BCUT2D eigenvalue weighted by Crippen LogP contribution is -2.32. The van der Waals surface area contributed by atoms with Crippen molar-refractivity contribution < 1.29 is 9.21 Å². The van der Waals surface area contributed by atoms with E-state index in [4.69, 9.17) is 21.8 Å². The summed E-state index contributed by atoms with van der Waals surface area (Å²) in [6.07, 6.45) is 2.09. The average molecular weight is 305 g/mol. The van der Waals surface area contributed by atoms with Gasteiger partial charge in [-0.2, -0.15) is 0 Å². The molecule has 1 fully saturated rings. The van der Waals surface area contributed by atoms with Crippen molar-refractivity contribution in [3.63, 3.8) is 0 Å². The Morgan fingerprint density at radius 2 is 1.95 bits per heavy atom. The van der Waals surface area contributed by atoms with Crippen LogP contribution in [0.1, 0.15) is 34.7 Å². The summed E-state index contributed by atoms with van der Waals surface area (Å²) in [5.41, 5.74) is 6.58. The molecular weight excluding hydrogens is 288 g/mol. The first-order valence-corrected chi connectivity index (χ1v) is 7.39. The van der Waals surface area contributed by atoms with Crippen molar-refractivity contribution in [3.8, 4) is 0 Å². The molecule has 1 saturated carbocycles. The van der Waals surface area contributed by atoms with Gasteiger partial charge in [0, 0.05) is 17.6 Å². The molecule has 1 amide bonds. The quantitative estimate of drug-likeness (QED) is 0.923. The molecule has 1 aliphatic carbocycles. The fourth-order valence-corrected chi connectivity index (χ4v) is 2.41. The summed E-state index contributed by atoms with van der Waals surface area (Å²) in [7, 11) is 0. The maximum atomic E-state index is 12.6. The van der Waals surface area contributed by atoms with Crippen LogP contribution in [0.4, 0.5) is 0 Å². The van der Waals surface area contributed by atoms with Crippen LogP contribution in [-0.2, 0) is 13.1 Å². The van der Waals surface area contributed by atoms with Crippen LogP contribution in [0.2, 0.25) is 5.02 Å². The third-order valence-electron chi connectivity index (χ3n) is 3.59. The second-order valence-corrected chi connectivity index (χ2v) is 5.70. The van der Waals surface area contributed by atoms with Crippen molar-refractivity contribution >= 4 is 17.5 Å². The van der Waals surface area contributed by atoms with Gasteiger partial charge in [-0.1, -0.05) is 23.7 Å². The van der Waals surface area contributed by atoms with Crippen LogP contribution >= 0.6 is 11.6 Å². The maximum Gasteiger partial charge on any atom is 0.290 e. The molecule has 0 atom stereocenters. The summed E-state index contributed by atoms with van der Waals surface area (Å²) in [4.78, 5) is 14.5. The van der Waals surface area contributed by atoms with Crippen LogP contribution < -0.4 is 5.73 Å². The van der Waals surface area contributed by atoms with Gasteiger partial charge in [0.25, 0.3) is 5.91 Å². The molecule has 0 unspecified atom stereocenters. The number of nitrogens with two attached hydrogens (primary N) is 1. The van der Waals surface area contributed by atoms with Gasteiger partial charge in [-0.25, -0.2) is 0 Å². The highest BCUT2D eigenvalue weighted by Gasteiger charge is 2.34. The van der Waals surface area contributed by atoms with Crippen molar-refractivity contribution in [1.82, 2.24) is 4.90 Å². The van der Waals surface area contributed by atoms with E-state index in [1.54, 1.807) is 12.1 Å². The molecule has 0 saturated heterocycles. The number of amides is 1. The highest BCUT2D eigenvalue weighted by atomic mass is 35.5. The molecule has 0 spiro atoms. The standard InChI is InChI=1S/C16H17ClN2O2/c17-12-3-1-11(2-4-12)10-19(13-5-6-13)16(20)15-8-7-14(9-18)21-15/h1-4,7-8,13H,5-6,9-10,18H2. The molecule has 3 rings (SSSR count). The van der Waals surface area contributed by atoms with E-state index in [0.29, 0.717) is 35.7 Å². The number of benzene rings is 1. The van der Waals surface area contributed by atoms with Gasteiger partial charge in [-0.3, -0.25) is 4.79 Å². The Kier molecular flexibility index (Phi) is 3.99. The molecule has 2 N–H and O–H groups in total. The maximum absolute atomic E-state index is 12.6. The first-order chi connectivity index (χ1) is 10.2. The van der Waals surface area contributed by atoms with Crippen LogP contribution in [0.3, 0.4) is 0 Å². The smallest absolute Gasteiger partial charge is 0.290 e. The predicted molar refractivity (Wildman–Crippen MR) is 80.9 cm³/mol. The largest absolute Gasteiger partial charge is 0.455 e. The number of hydrogen-bond donors (Lipinski definition) is 1. The monoisotopic (exact) mass is 304 g/mol. The lowest BCUT2D eigenvalue weighted by molar-refractivity contribution is 0.0695. The zero-order valence-electron chi connectivity index (χ0n) is 11.6. The van der Waals surface area contributed by atoms with E-state index < -0.39 is 0 Å². The van der Waals surface area contributed by atoms with Crippen molar-refractivity contribution in [2.45, 2.75) is 32.0 Å². The number of furan rings is 1. The molecule has 4 nitrogen and oxygen atoms in total. The average Bonchev–Trinajstić information content (AvgIpc) is 3.22. The van der Waals surface area contributed by atoms with Gasteiger partial charge in [-0.15, -0.1) is 0 Å². The van der Waals surface area contributed by atoms with Crippen molar-refractivity contribution in [3.05, 3.63) is 58.5 Å². The zero-order valence-corrected chi connectivity index (χ0v) is 12.3. The van der Waals surface area contributed by atoms with Crippen LogP contribution in [0, 0.1) is 0 Å². The lowest BCUT2D eigenvalue weighted by Gasteiger charge is -2.21. The number of halogens is 1. The van der Waals surface area contributed by atoms with E-state index in [-0.39, 0.29) is 5.91 Å². The van der Waals surface area contributed by atoms with E-state index in [2.05, 4.69) is 0 Å². The molecule has 1 aromatic carbocycles. The Morgan fingerprint density at radius 3 is 2.52 bits per heavy atom. The van der Waals surface area contributed by atoms with E-state index in [9.17, 15) is 4.79 Å². The fourth-order valence-electron chi connectivity index (χ4n) is 2.28. The molecule has 21 heavy (non-hydrogen) atoms. The van der Waals surface area contributed by atoms with Crippen LogP contribution in [0.15, 0.2) is 40.8 Å². The number of carbonyl (C=O) groups is 1. The Bertz CT molecular complexity index is 632. The Balaban J connectivity index is 1.77. The molecular formula is C16H17ClN2O2. The third-order valence-corrected chi connectivity index (χ3v) is 3.84. The van der Waals surface area contributed by atoms with Crippen LogP contribution in [-0.4, -0.2) is 16.8 Å². The molecule has 0 bridgehead atoms. The normalized spacial score (nSPS) is 14.2. The highest BCUT2D eigenvalue weighted by molar-refractivity contribution is 6.30. The van der Waals surface area contributed by atoms with Crippen molar-refractivity contribution in [1.29, 1.82) is 0 Å². The first kappa shape index (κ1) is 14.2. The predicted octanol–water partition coefficient (Wildman–Crippen LogP) is 3.20. The minimum absolute atomic E-state index is 0.0767. The van der Waals surface area contributed by atoms with Gasteiger partial charge >= 0.3 is 0 Å². The molecule has 1 aromatic heterocycles. The fraction of sp³-hybridized carbons (Fsp3) is 0.312. The zero-order chi connectivity index (χ0) is 14.8. The van der Waals surface area contributed by atoms with E-state index in [1.807, 2.05) is 29.2 Å².